The second-order valence-electron chi connectivity index (χ2n) is 8.29. The molecule has 0 bridgehead atoms. The molecule has 1 saturated carbocycles. The number of piperidine rings is 1. The van der Waals surface area contributed by atoms with Crippen LogP contribution in [0.25, 0.3) is 0 Å². The summed E-state index contributed by atoms with van der Waals surface area (Å²) in [6.07, 6.45) is 5.72. The fourth-order valence-corrected chi connectivity index (χ4v) is 4.15. The molecule has 2 aliphatic heterocycles. The Morgan fingerprint density at radius 3 is 2.07 bits per heavy atom. The van der Waals surface area contributed by atoms with Crippen molar-refractivity contribution in [1.29, 1.82) is 0 Å². The van der Waals surface area contributed by atoms with Gasteiger partial charge in [0.05, 0.1) is 0 Å². The average molecular weight is 383 g/mol. The van der Waals surface area contributed by atoms with E-state index >= 15 is 0 Å². The van der Waals surface area contributed by atoms with Gasteiger partial charge in [0.25, 0.3) is 5.91 Å². The molecule has 3 amide bonds. The van der Waals surface area contributed by atoms with Crippen LogP contribution in [0.1, 0.15) is 54.4 Å². The van der Waals surface area contributed by atoms with Gasteiger partial charge in [-0.1, -0.05) is 12.1 Å². The van der Waals surface area contributed by atoms with Gasteiger partial charge in [-0.25, -0.2) is 0 Å². The Labute approximate surface area is 166 Å². The number of carbonyl (C=O) groups excluding carboxylic acids is 3. The Balaban J connectivity index is 1.22. The van der Waals surface area contributed by atoms with E-state index in [0.717, 1.165) is 57.2 Å². The van der Waals surface area contributed by atoms with Gasteiger partial charge in [-0.15, -0.1) is 0 Å². The van der Waals surface area contributed by atoms with E-state index in [1.165, 1.54) is 0 Å². The highest BCUT2D eigenvalue weighted by Crippen LogP contribution is 2.32. The molecule has 150 valence electrons. The molecule has 28 heavy (non-hydrogen) atoms. The first-order chi connectivity index (χ1) is 13.6. The van der Waals surface area contributed by atoms with Gasteiger partial charge in [-0.2, -0.15) is 0 Å². The van der Waals surface area contributed by atoms with Gasteiger partial charge in [0, 0.05) is 50.1 Å². The molecule has 1 N–H and O–H groups in total. The standard InChI is InChI=1S/C22H29N3O3/c26-20(17-9-13-25(14-10-17)22(28)19-7-8-19)23-15-16-3-5-18(6-4-16)21(27)24-11-1-2-12-24/h3-6,17,19H,1-2,7-15H2,(H,23,26). The topological polar surface area (TPSA) is 69.7 Å². The number of hydrogen-bond donors (Lipinski definition) is 1. The Hall–Kier alpha value is -2.37. The molecule has 0 atom stereocenters. The molecule has 3 aliphatic rings. The van der Waals surface area contributed by atoms with Crippen LogP contribution < -0.4 is 5.32 Å². The second kappa shape index (κ2) is 8.33. The first-order valence-electron chi connectivity index (χ1n) is 10.6. The number of carbonyl (C=O) groups is 3. The van der Waals surface area contributed by atoms with Crippen LogP contribution in [-0.2, 0) is 16.1 Å². The molecular weight excluding hydrogens is 354 g/mol. The lowest BCUT2D eigenvalue weighted by Gasteiger charge is -2.31. The minimum absolute atomic E-state index is 0.0146. The van der Waals surface area contributed by atoms with Crippen LogP contribution in [0.2, 0.25) is 0 Å². The van der Waals surface area contributed by atoms with Gasteiger partial charge in [-0.3, -0.25) is 14.4 Å². The summed E-state index contributed by atoms with van der Waals surface area (Å²) in [4.78, 5) is 40.8. The molecule has 2 saturated heterocycles. The zero-order valence-corrected chi connectivity index (χ0v) is 16.4. The van der Waals surface area contributed by atoms with Crippen LogP contribution in [0, 0.1) is 11.8 Å². The Morgan fingerprint density at radius 1 is 0.821 bits per heavy atom. The summed E-state index contributed by atoms with van der Waals surface area (Å²) in [6.45, 7) is 3.56. The smallest absolute Gasteiger partial charge is 0.253 e. The highest BCUT2D eigenvalue weighted by Gasteiger charge is 2.35. The van der Waals surface area contributed by atoms with Crippen LogP contribution in [0.5, 0.6) is 0 Å². The van der Waals surface area contributed by atoms with Gasteiger partial charge >= 0.3 is 0 Å². The average Bonchev–Trinajstić information content (AvgIpc) is 3.45. The Kier molecular flexibility index (Phi) is 5.64. The van der Waals surface area contributed by atoms with Crippen molar-refractivity contribution in [2.75, 3.05) is 26.2 Å². The summed E-state index contributed by atoms with van der Waals surface area (Å²) in [5.74, 6) is 0.684. The van der Waals surface area contributed by atoms with E-state index in [2.05, 4.69) is 5.32 Å². The van der Waals surface area contributed by atoms with Crippen LogP contribution in [0.15, 0.2) is 24.3 Å². The number of hydrogen-bond acceptors (Lipinski definition) is 3. The maximum atomic E-state index is 12.5. The van der Waals surface area contributed by atoms with Crippen LogP contribution in [0.4, 0.5) is 0 Å². The number of nitrogens with one attached hydrogen (secondary N) is 1. The van der Waals surface area contributed by atoms with Crippen LogP contribution >= 0.6 is 0 Å². The molecule has 4 rings (SSSR count). The predicted octanol–water partition coefficient (Wildman–Crippen LogP) is 2.19. The third-order valence-electron chi connectivity index (χ3n) is 6.16. The van der Waals surface area contributed by atoms with Crippen LogP contribution in [0.3, 0.4) is 0 Å². The van der Waals surface area contributed by atoms with Crippen molar-refractivity contribution in [3.05, 3.63) is 35.4 Å². The Bertz CT molecular complexity index is 728. The van der Waals surface area contributed by atoms with Crippen molar-refractivity contribution in [3.8, 4) is 0 Å². The quantitative estimate of drug-likeness (QED) is 0.847. The first-order valence-corrected chi connectivity index (χ1v) is 10.6. The van der Waals surface area contributed by atoms with E-state index in [9.17, 15) is 14.4 Å². The van der Waals surface area contributed by atoms with Crippen molar-refractivity contribution >= 4 is 17.7 Å². The third kappa shape index (κ3) is 4.37. The fraction of sp³-hybridized carbons (Fsp3) is 0.591. The van der Waals surface area contributed by atoms with Crippen molar-refractivity contribution < 1.29 is 14.4 Å². The lowest BCUT2D eigenvalue weighted by Crippen LogP contribution is -2.43. The van der Waals surface area contributed by atoms with Gasteiger partial charge in [-0.05, 0) is 56.2 Å². The zero-order chi connectivity index (χ0) is 19.5. The molecular formula is C22H29N3O3. The summed E-state index contributed by atoms with van der Waals surface area (Å²) in [5, 5.41) is 3.01. The van der Waals surface area contributed by atoms with Crippen molar-refractivity contribution in [2.45, 2.75) is 45.1 Å². The van der Waals surface area contributed by atoms with Gasteiger partial charge in [0.15, 0.2) is 0 Å². The molecule has 0 aromatic heterocycles. The predicted molar refractivity (Wildman–Crippen MR) is 105 cm³/mol. The molecule has 2 heterocycles. The molecule has 0 radical (unpaired) electrons. The van der Waals surface area contributed by atoms with Gasteiger partial charge < -0.3 is 15.1 Å². The molecule has 0 spiro atoms. The van der Waals surface area contributed by atoms with E-state index in [0.29, 0.717) is 25.2 Å². The lowest BCUT2D eigenvalue weighted by atomic mass is 9.95. The summed E-state index contributed by atoms with van der Waals surface area (Å²) in [5.41, 5.74) is 1.71. The second-order valence-corrected chi connectivity index (χ2v) is 8.29. The molecule has 0 unspecified atom stereocenters. The summed E-state index contributed by atoms with van der Waals surface area (Å²) >= 11 is 0. The maximum absolute atomic E-state index is 12.5. The van der Waals surface area contributed by atoms with E-state index in [1.807, 2.05) is 34.1 Å². The van der Waals surface area contributed by atoms with Crippen LogP contribution in [-0.4, -0.2) is 53.7 Å². The Morgan fingerprint density at radius 2 is 1.46 bits per heavy atom. The van der Waals surface area contributed by atoms with E-state index in [-0.39, 0.29) is 29.6 Å². The van der Waals surface area contributed by atoms with Gasteiger partial charge in [0.1, 0.15) is 0 Å². The van der Waals surface area contributed by atoms with Crippen molar-refractivity contribution in [1.82, 2.24) is 15.1 Å². The number of benzene rings is 1. The summed E-state index contributed by atoms with van der Waals surface area (Å²) in [6, 6.07) is 7.54. The fourth-order valence-electron chi connectivity index (χ4n) is 4.15. The number of amides is 3. The molecule has 6 nitrogen and oxygen atoms in total. The molecule has 1 aliphatic carbocycles. The first kappa shape index (κ1) is 19.0. The number of nitrogens with zero attached hydrogens (tertiary/aromatic N) is 2. The molecule has 1 aromatic carbocycles. The number of rotatable bonds is 5. The highest BCUT2D eigenvalue weighted by molar-refractivity contribution is 5.94. The van der Waals surface area contributed by atoms with Gasteiger partial charge in [0.2, 0.25) is 11.8 Å². The lowest BCUT2D eigenvalue weighted by molar-refractivity contribution is -0.136. The van der Waals surface area contributed by atoms with E-state index in [4.69, 9.17) is 0 Å². The maximum Gasteiger partial charge on any atom is 0.253 e. The molecule has 6 heteroatoms. The molecule has 3 fully saturated rings. The highest BCUT2D eigenvalue weighted by atomic mass is 16.2. The third-order valence-corrected chi connectivity index (χ3v) is 6.16. The summed E-state index contributed by atoms with van der Waals surface area (Å²) in [7, 11) is 0. The van der Waals surface area contributed by atoms with Crippen molar-refractivity contribution in [3.63, 3.8) is 0 Å². The van der Waals surface area contributed by atoms with Crippen molar-refractivity contribution in [2.24, 2.45) is 11.8 Å². The SMILES string of the molecule is O=C(NCc1ccc(C(=O)N2CCCC2)cc1)C1CCN(C(=O)C2CC2)CC1. The number of likely N-dealkylation sites (tertiary alicyclic amines) is 2. The minimum Gasteiger partial charge on any atom is -0.352 e. The normalized spacial score (nSPS) is 20.3. The molecule has 1 aromatic rings. The van der Waals surface area contributed by atoms with E-state index < -0.39 is 0 Å². The zero-order valence-electron chi connectivity index (χ0n) is 16.4. The van der Waals surface area contributed by atoms with E-state index in [1.54, 1.807) is 0 Å². The summed E-state index contributed by atoms with van der Waals surface area (Å²) < 4.78 is 0. The monoisotopic (exact) mass is 383 g/mol. The largest absolute Gasteiger partial charge is 0.352 e. The minimum atomic E-state index is -0.0146.